The monoisotopic (exact) mass is 498 g/mol. The van der Waals surface area contributed by atoms with Crippen LogP contribution in [0.3, 0.4) is 0 Å². The van der Waals surface area contributed by atoms with Crippen LogP contribution in [0.5, 0.6) is 6.01 Å². The number of imidazole rings is 1. The highest BCUT2D eigenvalue weighted by Crippen LogP contribution is 2.41. The number of piperazine rings is 1. The van der Waals surface area contributed by atoms with Crippen molar-refractivity contribution in [3.05, 3.63) is 45.6 Å². The molecule has 1 fully saturated rings. The number of ether oxygens (including phenoxy) is 2. The Morgan fingerprint density at radius 2 is 1.94 bits per heavy atom. The molecular weight excluding hydrogens is 468 g/mol. The minimum Gasteiger partial charge on any atom is -0.445 e. The van der Waals surface area contributed by atoms with Gasteiger partial charge in [0, 0.05) is 50.4 Å². The van der Waals surface area contributed by atoms with Crippen molar-refractivity contribution >= 4 is 23.5 Å². The Bertz CT molecular complexity index is 1210. The standard InChI is InChI=1S/C24H30N6O6/c1-23(2)17-11-16(5-6-18(17)26(4)20(23)31)13-35-22(32)28-9-7-27(8-10-28)14-24(3)15-29-12-19(30(33)34)25-21(29)36-24/h5-6,11-12H,7-10,13-15H2,1-4H3/t24-/m0/s1. The number of hydrogen-bond acceptors (Lipinski definition) is 8. The number of nitro groups is 1. The van der Waals surface area contributed by atoms with Gasteiger partial charge in [0.25, 0.3) is 0 Å². The van der Waals surface area contributed by atoms with Crippen molar-refractivity contribution < 1.29 is 24.0 Å². The normalized spacial score (nSPS) is 22.8. The first-order valence-corrected chi connectivity index (χ1v) is 11.9. The van der Waals surface area contributed by atoms with Crippen molar-refractivity contribution in [1.82, 2.24) is 19.4 Å². The van der Waals surface area contributed by atoms with Gasteiger partial charge in [-0.2, -0.15) is 0 Å². The number of anilines is 1. The molecule has 0 N–H and O–H groups in total. The van der Waals surface area contributed by atoms with Gasteiger partial charge in [0.2, 0.25) is 5.91 Å². The Kier molecular flexibility index (Phi) is 5.66. The average molecular weight is 499 g/mol. The van der Waals surface area contributed by atoms with Gasteiger partial charge in [-0.3, -0.25) is 14.3 Å². The molecular formula is C24H30N6O6. The van der Waals surface area contributed by atoms with Crippen LogP contribution in [0.25, 0.3) is 0 Å². The first kappa shape index (κ1) is 24.0. The molecule has 0 spiro atoms. The Balaban J connectivity index is 1.11. The number of aromatic nitrogens is 2. The molecule has 3 aliphatic rings. The van der Waals surface area contributed by atoms with E-state index in [4.69, 9.17) is 9.47 Å². The number of amides is 2. The Hall–Kier alpha value is -3.67. The fraction of sp³-hybridized carbons (Fsp3) is 0.542. The van der Waals surface area contributed by atoms with Gasteiger partial charge < -0.3 is 29.4 Å². The first-order valence-electron chi connectivity index (χ1n) is 11.9. The predicted molar refractivity (Wildman–Crippen MR) is 129 cm³/mol. The average Bonchev–Trinajstić information content (AvgIpc) is 3.41. The summed E-state index contributed by atoms with van der Waals surface area (Å²) < 4.78 is 13.2. The number of nitrogens with zero attached hydrogens (tertiary/aromatic N) is 6. The molecule has 1 aromatic heterocycles. The topological polar surface area (TPSA) is 123 Å². The molecule has 12 nitrogen and oxygen atoms in total. The molecule has 4 heterocycles. The number of hydrogen-bond donors (Lipinski definition) is 0. The van der Waals surface area contributed by atoms with Crippen LogP contribution in [0.4, 0.5) is 16.3 Å². The second kappa shape index (κ2) is 8.47. The van der Waals surface area contributed by atoms with Crippen LogP contribution in [-0.4, -0.2) is 81.6 Å². The lowest BCUT2D eigenvalue weighted by molar-refractivity contribution is -0.389. The van der Waals surface area contributed by atoms with Crippen LogP contribution < -0.4 is 9.64 Å². The lowest BCUT2D eigenvalue weighted by Gasteiger charge is -2.37. The highest BCUT2D eigenvalue weighted by Gasteiger charge is 2.43. The van der Waals surface area contributed by atoms with E-state index in [0.717, 1.165) is 16.8 Å². The summed E-state index contributed by atoms with van der Waals surface area (Å²) in [6, 6.07) is 6.00. The molecule has 0 unspecified atom stereocenters. The van der Waals surface area contributed by atoms with Crippen LogP contribution in [0.2, 0.25) is 0 Å². The fourth-order valence-corrected chi connectivity index (χ4v) is 5.27. The van der Waals surface area contributed by atoms with Crippen LogP contribution in [0, 0.1) is 10.1 Å². The van der Waals surface area contributed by atoms with Crippen molar-refractivity contribution in [3.63, 3.8) is 0 Å². The van der Waals surface area contributed by atoms with E-state index in [1.54, 1.807) is 21.4 Å². The first-order chi connectivity index (χ1) is 17.0. The predicted octanol–water partition coefficient (Wildman–Crippen LogP) is 2.15. The molecule has 0 aliphatic carbocycles. The summed E-state index contributed by atoms with van der Waals surface area (Å²) in [6.07, 6.45) is 1.03. The van der Waals surface area contributed by atoms with Gasteiger partial charge in [0.15, 0.2) is 0 Å². The third-order valence-electron chi connectivity index (χ3n) is 7.24. The molecule has 12 heteroatoms. The molecule has 2 aromatic rings. The van der Waals surface area contributed by atoms with Crippen LogP contribution in [0.1, 0.15) is 31.9 Å². The van der Waals surface area contributed by atoms with Crippen LogP contribution >= 0.6 is 0 Å². The summed E-state index contributed by atoms with van der Waals surface area (Å²) in [5, 5.41) is 10.9. The molecule has 0 radical (unpaired) electrons. The van der Waals surface area contributed by atoms with Gasteiger partial charge in [-0.05, 0) is 49.0 Å². The highest BCUT2D eigenvalue weighted by molar-refractivity contribution is 6.07. The van der Waals surface area contributed by atoms with Gasteiger partial charge in [-0.15, -0.1) is 0 Å². The SMILES string of the molecule is CN1C(=O)C(C)(C)c2cc(COC(=O)N3CCN(C[C@@]4(C)Cn5cc([N+](=O)[O-])nc5O4)CC3)ccc21. The van der Waals surface area contributed by atoms with Crippen molar-refractivity contribution in [3.8, 4) is 6.01 Å². The maximum Gasteiger partial charge on any atom is 0.415 e. The van der Waals surface area contributed by atoms with Crippen molar-refractivity contribution in [2.75, 3.05) is 44.7 Å². The highest BCUT2D eigenvalue weighted by atomic mass is 16.6. The molecule has 1 aromatic carbocycles. The van der Waals surface area contributed by atoms with E-state index < -0.39 is 15.9 Å². The quantitative estimate of drug-likeness (QED) is 0.454. The van der Waals surface area contributed by atoms with E-state index in [-0.39, 0.29) is 30.4 Å². The van der Waals surface area contributed by atoms with Gasteiger partial charge in [0.05, 0.1) is 12.0 Å². The second-order valence-electron chi connectivity index (χ2n) is 10.5. The van der Waals surface area contributed by atoms with E-state index in [1.807, 2.05) is 39.0 Å². The second-order valence-corrected chi connectivity index (χ2v) is 10.5. The van der Waals surface area contributed by atoms with Crippen LogP contribution in [-0.2, 0) is 28.1 Å². The van der Waals surface area contributed by atoms with Crippen molar-refractivity contribution in [2.45, 2.75) is 44.9 Å². The summed E-state index contributed by atoms with van der Waals surface area (Å²) in [5.41, 5.74) is 1.53. The molecule has 36 heavy (non-hydrogen) atoms. The maximum absolute atomic E-state index is 12.7. The third kappa shape index (κ3) is 4.15. The number of fused-ring (bicyclic) bond motifs is 2. The smallest absolute Gasteiger partial charge is 0.415 e. The van der Waals surface area contributed by atoms with Gasteiger partial charge >= 0.3 is 17.9 Å². The molecule has 3 aliphatic heterocycles. The summed E-state index contributed by atoms with van der Waals surface area (Å²) in [5.74, 6) is -0.170. The van der Waals surface area contributed by atoms with E-state index in [0.29, 0.717) is 39.3 Å². The van der Waals surface area contributed by atoms with E-state index >= 15 is 0 Å². The van der Waals surface area contributed by atoms with Crippen molar-refractivity contribution in [1.29, 1.82) is 0 Å². The molecule has 2 amide bonds. The molecule has 0 saturated carbocycles. The summed E-state index contributed by atoms with van der Waals surface area (Å²) >= 11 is 0. The summed E-state index contributed by atoms with van der Waals surface area (Å²) in [6.45, 7) is 9.39. The Labute approximate surface area is 208 Å². The third-order valence-corrected chi connectivity index (χ3v) is 7.24. The lowest BCUT2D eigenvalue weighted by Crippen LogP contribution is -2.53. The van der Waals surface area contributed by atoms with Gasteiger partial charge in [0.1, 0.15) is 18.4 Å². The minimum absolute atomic E-state index is 0.0486. The van der Waals surface area contributed by atoms with Crippen LogP contribution in [0.15, 0.2) is 24.4 Å². The van der Waals surface area contributed by atoms with Crippen molar-refractivity contribution in [2.24, 2.45) is 0 Å². The molecule has 5 rings (SSSR count). The summed E-state index contributed by atoms with van der Waals surface area (Å²) in [4.78, 5) is 45.0. The zero-order chi connectivity index (χ0) is 25.8. The van der Waals surface area contributed by atoms with Gasteiger partial charge in [-0.25, -0.2) is 4.79 Å². The maximum atomic E-state index is 12.7. The Morgan fingerprint density at radius 1 is 1.22 bits per heavy atom. The minimum atomic E-state index is -0.604. The molecule has 1 atom stereocenters. The molecule has 192 valence electrons. The van der Waals surface area contributed by atoms with E-state index in [1.165, 1.54) is 6.20 Å². The number of likely N-dealkylation sites (N-methyl/N-ethyl adjacent to an activating group) is 1. The molecule has 0 bridgehead atoms. The van der Waals surface area contributed by atoms with Gasteiger partial charge in [-0.1, -0.05) is 6.07 Å². The largest absolute Gasteiger partial charge is 0.445 e. The zero-order valence-corrected chi connectivity index (χ0v) is 20.9. The Morgan fingerprint density at radius 3 is 2.61 bits per heavy atom. The van der Waals surface area contributed by atoms with E-state index in [9.17, 15) is 19.7 Å². The lowest BCUT2D eigenvalue weighted by atomic mass is 9.85. The number of carbonyl (C=O) groups excluding carboxylic acids is 2. The number of carbonyl (C=O) groups is 2. The molecule has 1 saturated heterocycles. The number of rotatable bonds is 5. The zero-order valence-electron chi connectivity index (χ0n) is 20.9. The fourth-order valence-electron chi connectivity index (χ4n) is 5.27. The van der Waals surface area contributed by atoms with E-state index in [2.05, 4.69) is 9.88 Å². The number of benzene rings is 1. The summed E-state index contributed by atoms with van der Waals surface area (Å²) in [7, 11) is 1.77.